The Bertz CT molecular complexity index is 1230. The third-order valence-corrected chi connectivity index (χ3v) is 7.68. The van der Waals surface area contributed by atoms with Crippen LogP contribution in [0.2, 0.25) is 0 Å². The van der Waals surface area contributed by atoms with Crippen LogP contribution in [0.25, 0.3) is 0 Å². The highest BCUT2D eigenvalue weighted by molar-refractivity contribution is 7.89. The van der Waals surface area contributed by atoms with E-state index in [1.165, 1.54) is 33.5 Å². The lowest BCUT2D eigenvalue weighted by Gasteiger charge is -2.26. The SMILES string of the molecule is Cc1ccc(CN(CC(=O)N(C)c2ccc(F)cc2)S(=O)(=O)c2c(C)cc(C)cc2C)cc1. The van der Waals surface area contributed by atoms with E-state index < -0.39 is 21.7 Å². The number of likely N-dealkylation sites (N-methyl/N-ethyl adjacent to an activating group) is 1. The minimum atomic E-state index is -3.98. The molecule has 1 amide bonds. The number of amides is 1. The van der Waals surface area contributed by atoms with Crippen molar-refractivity contribution in [3.05, 3.63) is 94.3 Å². The van der Waals surface area contributed by atoms with Gasteiger partial charge in [-0.05, 0) is 68.7 Å². The first-order chi connectivity index (χ1) is 15.5. The molecule has 0 N–H and O–H groups in total. The Kier molecular flexibility index (Phi) is 7.34. The molecule has 0 aliphatic carbocycles. The lowest BCUT2D eigenvalue weighted by molar-refractivity contribution is -0.118. The van der Waals surface area contributed by atoms with Crippen LogP contribution in [0.4, 0.5) is 10.1 Å². The van der Waals surface area contributed by atoms with Gasteiger partial charge in [0.15, 0.2) is 0 Å². The van der Waals surface area contributed by atoms with Gasteiger partial charge in [-0.15, -0.1) is 0 Å². The van der Waals surface area contributed by atoms with Gasteiger partial charge in [-0.3, -0.25) is 4.79 Å². The predicted octanol–water partition coefficient (Wildman–Crippen LogP) is 4.91. The Morgan fingerprint density at radius 1 is 0.848 bits per heavy atom. The Hall–Kier alpha value is -3.03. The summed E-state index contributed by atoms with van der Waals surface area (Å²) in [5.74, 6) is -0.826. The van der Waals surface area contributed by atoms with Crippen molar-refractivity contribution < 1.29 is 17.6 Å². The summed E-state index contributed by atoms with van der Waals surface area (Å²) in [6.07, 6.45) is 0. The molecule has 0 aliphatic heterocycles. The molecule has 0 aliphatic rings. The first-order valence-corrected chi connectivity index (χ1v) is 12.1. The number of carbonyl (C=O) groups is 1. The van der Waals surface area contributed by atoms with E-state index in [2.05, 4.69) is 0 Å². The summed E-state index contributed by atoms with van der Waals surface area (Å²) >= 11 is 0. The Balaban J connectivity index is 1.99. The van der Waals surface area contributed by atoms with Crippen LogP contribution in [-0.4, -0.2) is 32.2 Å². The lowest BCUT2D eigenvalue weighted by atomic mass is 10.1. The molecule has 3 aromatic rings. The van der Waals surface area contributed by atoms with Gasteiger partial charge in [0.2, 0.25) is 15.9 Å². The van der Waals surface area contributed by atoms with E-state index in [-0.39, 0.29) is 18.0 Å². The zero-order valence-electron chi connectivity index (χ0n) is 19.6. The second kappa shape index (κ2) is 9.85. The first kappa shape index (κ1) is 24.6. The highest BCUT2D eigenvalue weighted by Crippen LogP contribution is 2.27. The summed E-state index contributed by atoms with van der Waals surface area (Å²) < 4.78 is 42.1. The van der Waals surface area contributed by atoms with Crippen molar-refractivity contribution in [1.29, 1.82) is 0 Å². The third-order valence-electron chi connectivity index (χ3n) is 5.58. The van der Waals surface area contributed by atoms with Gasteiger partial charge in [-0.25, -0.2) is 12.8 Å². The fourth-order valence-corrected chi connectivity index (χ4v) is 5.68. The molecule has 3 rings (SSSR count). The van der Waals surface area contributed by atoms with E-state index in [0.29, 0.717) is 16.8 Å². The van der Waals surface area contributed by atoms with Gasteiger partial charge in [0.05, 0.1) is 11.4 Å². The molecule has 174 valence electrons. The molecule has 3 aromatic carbocycles. The van der Waals surface area contributed by atoms with Crippen molar-refractivity contribution >= 4 is 21.6 Å². The van der Waals surface area contributed by atoms with E-state index in [0.717, 1.165) is 16.7 Å². The minimum absolute atomic E-state index is 0.0539. The summed E-state index contributed by atoms with van der Waals surface area (Å²) in [5, 5.41) is 0. The quantitative estimate of drug-likeness (QED) is 0.495. The fourth-order valence-electron chi connectivity index (χ4n) is 3.89. The second-order valence-electron chi connectivity index (χ2n) is 8.42. The lowest BCUT2D eigenvalue weighted by Crippen LogP contribution is -2.41. The third kappa shape index (κ3) is 5.67. The maximum Gasteiger partial charge on any atom is 0.244 e. The highest BCUT2D eigenvalue weighted by atomic mass is 32.2. The standard InChI is InChI=1S/C26H29FN2O3S/c1-18-6-8-22(9-7-18)16-29(17-25(30)28(5)24-12-10-23(27)11-13-24)33(31,32)26-20(3)14-19(2)15-21(26)4/h6-15H,16-17H2,1-5H3. The van der Waals surface area contributed by atoms with Gasteiger partial charge in [0.1, 0.15) is 5.82 Å². The number of aryl methyl sites for hydroxylation is 4. The number of benzene rings is 3. The van der Waals surface area contributed by atoms with E-state index >= 15 is 0 Å². The van der Waals surface area contributed by atoms with Gasteiger partial charge in [0, 0.05) is 19.3 Å². The van der Waals surface area contributed by atoms with Gasteiger partial charge < -0.3 is 4.90 Å². The van der Waals surface area contributed by atoms with Crippen molar-refractivity contribution in [2.24, 2.45) is 0 Å². The molecular weight excluding hydrogens is 439 g/mol. The number of carbonyl (C=O) groups excluding carboxylic acids is 1. The largest absolute Gasteiger partial charge is 0.314 e. The number of anilines is 1. The van der Waals surface area contributed by atoms with E-state index in [1.54, 1.807) is 20.9 Å². The summed E-state index contributed by atoms with van der Waals surface area (Å²) in [6, 6.07) is 16.7. The van der Waals surface area contributed by atoms with Crippen LogP contribution in [0.1, 0.15) is 27.8 Å². The molecule has 0 atom stereocenters. The molecule has 0 heterocycles. The van der Waals surface area contributed by atoms with Crippen molar-refractivity contribution in [3.8, 4) is 0 Å². The molecule has 0 fully saturated rings. The average Bonchev–Trinajstić information content (AvgIpc) is 2.73. The van der Waals surface area contributed by atoms with Crippen molar-refractivity contribution in [3.63, 3.8) is 0 Å². The molecule has 0 saturated heterocycles. The zero-order valence-corrected chi connectivity index (χ0v) is 20.4. The minimum Gasteiger partial charge on any atom is -0.314 e. The summed E-state index contributed by atoms with van der Waals surface area (Å²) in [5.41, 5.74) is 4.58. The Labute approximate surface area is 195 Å². The van der Waals surface area contributed by atoms with Crippen LogP contribution in [0.3, 0.4) is 0 Å². The van der Waals surface area contributed by atoms with Crippen LogP contribution in [0.15, 0.2) is 65.6 Å². The molecular formula is C26H29FN2O3S. The number of rotatable bonds is 7. The van der Waals surface area contributed by atoms with Crippen LogP contribution in [-0.2, 0) is 21.4 Å². The smallest absolute Gasteiger partial charge is 0.244 e. The van der Waals surface area contributed by atoms with Gasteiger partial charge >= 0.3 is 0 Å². The molecule has 5 nitrogen and oxygen atoms in total. The topological polar surface area (TPSA) is 57.7 Å². The van der Waals surface area contributed by atoms with E-state index in [9.17, 15) is 17.6 Å². The highest BCUT2D eigenvalue weighted by Gasteiger charge is 2.31. The normalized spacial score (nSPS) is 11.6. The zero-order chi connectivity index (χ0) is 24.3. The van der Waals surface area contributed by atoms with Gasteiger partial charge in [-0.1, -0.05) is 47.5 Å². The predicted molar refractivity (Wildman–Crippen MR) is 129 cm³/mol. The summed E-state index contributed by atoms with van der Waals surface area (Å²) in [6.45, 7) is 7.11. The van der Waals surface area contributed by atoms with Crippen LogP contribution in [0.5, 0.6) is 0 Å². The first-order valence-electron chi connectivity index (χ1n) is 10.6. The fraction of sp³-hybridized carbons (Fsp3) is 0.269. The van der Waals surface area contributed by atoms with Crippen molar-refractivity contribution in [2.45, 2.75) is 39.1 Å². The molecule has 33 heavy (non-hydrogen) atoms. The molecule has 0 radical (unpaired) electrons. The molecule has 0 spiro atoms. The molecule has 0 unspecified atom stereocenters. The summed E-state index contributed by atoms with van der Waals surface area (Å²) in [7, 11) is -2.43. The van der Waals surface area contributed by atoms with E-state index in [4.69, 9.17) is 0 Å². The van der Waals surface area contributed by atoms with Crippen molar-refractivity contribution in [1.82, 2.24) is 4.31 Å². The number of nitrogens with zero attached hydrogens (tertiary/aromatic N) is 2. The molecule has 7 heteroatoms. The van der Waals surface area contributed by atoms with Gasteiger partial charge in [-0.2, -0.15) is 4.31 Å². The van der Waals surface area contributed by atoms with Crippen LogP contribution < -0.4 is 4.90 Å². The number of hydrogen-bond acceptors (Lipinski definition) is 3. The average molecular weight is 469 g/mol. The monoisotopic (exact) mass is 468 g/mol. The maximum absolute atomic E-state index is 13.8. The Morgan fingerprint density at radius 2 is 1.39 bits per heavy atom. The number of hydrogen-bond donors (Lipinski definition) is 0. The summed E-state index contributed by atoms with van der Waals surface area (Å²) in [4.78, 5) is 14.7. The van der Waals surface area contributed by atoms with Gasteiger partial charge in [0.25, 0.3) is 0 Å². The second-order valence-corrected chi connectivity index (χ2v) is 10.3. The van der Waals surface area contributed by atoms with Crippen molar-refractivity contribution in [2.75, 3.05) is 18.5 Å². The number of halogens is 1. The molecule has 0 aromatic heterocycles. The molecule has 0 bridgehead atoms. The maximum atomic E-state index is 13.8. The van der Waals surface area contributed by atoms with Crippen LogP contribution in [0, 0.1) is 33.5 Å². The molecule has 0 saturated carbocycles. The van der Waals surface area contributed by atoms with E-state index in [1.807, 2.05) is 50.2 Å². The number of sulfonamides is 1. The van der Waals surface area contributed by atoms with Crippen LogP contribution >= 0.6 is 0 Å². The Morgan fingerprint density at radius 3 is 1.94 bits per heavy atom.